The number of nitro groups is 1. The molecule has 6 heteroatoms. The van der Waals surface area contributed by atoms with Gasteiger partial charge in [-0.15, -0.1) is 5.10 Å². The van der Waals surface area contributed by atoms with Crippen LogP contribution in [0.5, 0.6) is 0 Å². The molecule has 17 heavy (non-hydrogen) atoms. The van der Waals surface area contributed by atoms with Gasteiger partial charge in [0.15, 0.2) is 0 Å². The number of rotatable bonds is 3. The van der Waals surface area contributed by atoms with Gasteiger partial charge in [0.05, 0.1) is 4.92 Å². The molecule has 0 fully saturated rings. The third-order valence-electron chi connectivity index (χ3n) is 2.38. The predicted octanol–water partition coefficient (Wildman–Crippen LogP) is 2.68. The Morgan fingerprint density at radius 2 is 2.18 bits per heavy atom. The number of nitrogens with one attached hydrogen (secondary N) is 2. The monoisotopic (exact) mass is 232 g/mol. The molecule has 2 N–H and O–H groups in total. The molecule has 0 aliphatic carbocycles. The van der Waals surface area contributed by atoms with Gasteiger partial charge in [0.25, 0.3) is 0 Å². The number of aryl methyl sites for hydroxylation is 2. The first-order chi connectivity index (χ1) is 8.08. The number of hydrogen-bond donors (Lipinski definition) is 2. The Kier molecular flexibility index (Phi) is 2.78. The fourth-order valence-electron chi connectivity index (χ4n) is 1.59. The van der Waals surface area contributed by atoms with Crippen molar-refractivity contribution < 1.29 is 4.92 Å². The van der Waals surface area contributed by atoms with Crippen LogP contribution in [-0.2, 0) is 0 Å². The van der Waals surface area contributed by atoms with Crippen molar-refractivity contribution in [1.82, 2.24) is 10.2 Å². The summed E-state index contributed by atoms with van der Waals surface area (Å²) in [6, 6.07) is 7.56. The van der Waals surface area contributed by atoms with Crippen LogP contribution in [0.1, 0.15) is 11.3 Å². The first-order valence-corrected chi connectivity index (χ1v) is 5.11. The molecule has 0 unspecified atom stereocenters. The van der Waals surface area contributed by atoms with Crippen LogP contribution in [0.25, 0.3) is 0 Å². The van der Waals surface area contributed by atoms with E-state index in [1.165, 1.54) is 0 Å². The Morgan fingerprint density at radius 1 is 1.41 bits per heavy atom. The Bertz CT molecular complexity index is 562. The van der Waals surface area contributed by atoms with Crippen molar-refractivity contribution in [3.63, 3.8) is 0 Å². The summed E-state index contributed by atoms with van der Waals surface area (Å²) in [7, 11) is 0. The van der Waals surface area contributed by atoms with Crippen molar-refractivity contribution in [2.75, 3.05) is 5.32 Å². The minimum atomic E-state index is -0.447. The molecule has 2 aromatic rings. The molecular weight excluding hydrogens is 220 g/mol. The second-order valence-corrected chi connectivity index (χ2v) is 3.80. The van der Waals surface area contributed by atoms with E-state index in [2.05, 4.69) is 15.5 Å². The highest BCUT2D eigenvalue weighted by molar-refractivity contribution is 5.67. The Morgan fingerprint density at radius 3 is 2.82 bits per heavy atom. The summed E-state index contributed by atoms with van der Waals surface area (Å²) in [5, 5.41) is 20.3. The van der Waals surface area contributed by atoms with Gasteiger partial charge in [-0.1, -0.05) is 12.1 Å². The summed E-state index contributed by atoms with van der Waals surface area (Å²) < 4.78 is 0. The molecule has 0 amide bonds. The summed E-state index contributed by atoms with van der Waals surface area (Å²) in [4.78, 5) is 10.4. The van der Waals surface area contributed by atoms with E-state index in [9.17, 15) is 10.1 Å². The Balaban J connectivity index is 2.33. The van der Waals surface area contributed by atoms with Crippen molar-refractivity contribution in [2.24, 2.45) is 0 Å². The molecular formula is C11H12N4O2. The molecule has 0 spiro atoms. The van der Waals surface area contributed by atoms with Crippen LogP contribution in [0.2, 0.25) is 0 Å². The highest BCUT2D eigenvalue weighted by Crippen LogP contribution is 2.28. The number of nitrogens with zero attached hydrogens (tertiary/aromatic N) is 2. The topological polar surface area (TPSA) is 83.8 Å². The number of benzene rings is 1. The van der Waals surface area contributed by atoms with E-state index in [0.717, 1.165) is 11.3 Å². The zero-order chi connectivity index (χ0) is 12.4. The zero-order valence-electron chi connectivity index (χ0n) is 9.52. The van der Waals surface area contributed by atoms with Gasteiger partial charge in [-0.3, -0.25) is 15.2 Å². The summed E-state index contributed by atoms with van der Waals surface area (Å²) in [6.45, 7) is 3.57. The molecule has 1 aromatic carbocycles. The second-order valence-electron chi connectivity index (χ2n) is 3.80. The smallest absolute Gasteiger partial charge is 0.333 e. The molecule has 88 valence electrons. The van der Waals surface area contributed by atoms with Crippen molar-refractivity contribution in [3.05, 3.63) is 45.6 Å². The molecule has 1 heterocycles. The molecule has 0 saturated heterocycles. The van der Waals surface area contributed by atoms with Crippen LogP contribution in [0, 0.1) is 24.0 Å². The standard InChI is InChI=1S/C11H12N4O2/c1-7-4-3-5-9(6-7)12-11-10(15(16)17)8(2)13-14-11/h3-6H,1-2H3,(H2,12,13,14). The maximum Gasteiger partial charge on any atom is 0.333 e. The molecule has 2 rings (SSSR count). The third-order valence-corrected chi connectivity index (χ3v) is 2.38. The predicted molar refractivity (Wildman–Crippen MR) is 64.4 cm³/mol. The number of anilines is 2. The zero-order valence-corrected chi connectivity index (χ0v) is 9.52. The summed E-state index contributed by atoms with van der Waals surface area (Å²) >= 11 is 0. The summed E-state index contributed by atoms with van der Waals surface area (Å²) in [6.07, 6.45) is 0. The van der Waals surface area contributed by atoms with Crippen LogP contribution < -0.4 is 5.32 Å². The molecule has 0 bridgehead atoms. The second kappa shape index (κ2) is 4.25. The van der Waals surface area contributed by atoms with E-state index in [4.69, 9.17) is 0 Å². The van der Waals surface area contributed by atoms with E-state index < -0.39 is 4.92 Å². The summed E-state index contributed by atoms with van der Waals surface area (Å²) in [5.74, 6) is 0.234. The molecule has 0 atom stereocenters. The van der Waals surface area contributed by atoms with Crippen LogP contribution in [0.3, 0.4) is 0 Å². The first-order valence-electron chi connectivity index (χ1n) is 5.11. The Hall–Kier alpha value is -2.37. The lowest BCUT2D eigenvalue weighted by atomic mass is 10.2. The molecule has 0 aliphatic heterocycles. The average Bonchev–Trinajstić information content (AvgIpc) is 2.59. The molecule has 0 saturated carbocycles. The molecule has 6 nitrogen and oxygen atoms in total. The fourth-order valence-corrected chi connectivity index (χ4v) is 1.59. The van der Waals surface area contributed by atoms with Crippen LogP contribution in [0.15, 0.2) is 24.3 Å². The number of hydrogen-bond acceptors (Lipinski definition) is 4. The minimum absolute atomic E-state index is 0.0218. The highest BCUT2D eigenvalue weighted by atomic mass is 16.6. The fraction of sp³-hybridized carbons (Fsp3) is 0.182. The number of H-pyrrole nitrogens is 1. The van der Waals surface area contributed by atoms with E-state index in [0.29, 0.717) is 5.69 Å². The summed E-state index contributed by atoms with van der Waals surface area (Å²) in [5.41, 5.74) is 2.26. The van der Waals surface area contributed by atoms with Crippen molar-refractivity contribution in [1.29, 1.82) is 0 Å². The average molecular weight is 232 g/mol. The molecule has 0 aliphatic rings. The normalized spacial score (nSPS) is 10.2. The largest absolute Gasteiger partial charge is 0.333 e. The van der Waals surface area contributed by atoms with E-state index in [-0.39, 0.29) is 11.5 Å². The SMILES string of the molecule is Cc1cccc(Nc2n[nH]c(C)c2[N+](=O)[O-])c1. The van der Waals surface area contributed by atoms with Crippen molar-refractivity contribution >= 4 is 17.2 Å². The van der Waals surface area contributed by atoms with Crippen LogP contribution >= 0.6 is 0 Å². The van der Waals surface area contributed by atoms with Gasteiger partial charge in [-0.25, -0.2) is 0 Å². The van der Waals surface area contributed by atoms with E-state index in [1.807, 2.05) is 31.2 Å². The van der Waals surface area contributed by atoms with Crippen LogP contribution in [-0.4, -0.2) is 15.1 Å². The van der Waals surface area contributed by atoms with Gasteiger partial charge in [0.2, 0.25) is 5.82 Å². The first kappa shape index (κ1) is 11.1. The lowest BCUT2D eigenvalue weighted by Crippen LogP contribution is -1.96. The van der Waals surface area contributed by atoms with Gasteiger partial charge in [-0.05, 0) is 31.5 Å². The highest BCUT2D eigenvalue weighted by Gasteiger charge is 2.21. The third kappa shape index (κ3) is 2.25. The van der Waals surface area contributed by atoms with Gasteiger partial charge >= 0.3 is 5.69 Å². The van der Waals surface area contributed by atoms with Gasteiger partial charge in [0, 0.05) is 5.69 Å². The Labute approximate surface area is 97.8 Å². The number of aromatic nitrogens is 2. The minimum Gasteiger partial charge on any atom is -0.333 e. The molecule has 0 radical (unpaired) electrons. The number of aromatic amines is 1. The van der Waals surface area contributed by atoms with Gasteiger partial charge in [-0.2, -0.15) is 0 Å². The lowest BCUT2D eigenvalue weighted by Gasteiger charge is -2.03. The maximum atomic E-state index is 10.9. The van der Waals surface area contributed by atoms with Crippen LogP contribution in [0.4, 0.5) is 17.2 Å². The maximum absolute atomic E-state index is 10.9. The van der Waals surface area contributed by atoms with E-state index >= 15 is 0 Å². The lowest BCUT2D eigenvalue weighted by molar-refractivity contribution is -0.384. The van der Waals surface area contributed by atoms with Crippen molar-refractivity contribution in [2.45, 2.75) is 13.8 Å². The quantitative estimate of drug-likeness (QED) is 0.629. The van der Waals surface area contributed by atoms with Crippen molar-refractivity contribution in [3.8, 4) is 0 Å². The van der Waals surface area contributed by atoms with Gasteiger partial charge in [0.1, 0.15) is 5.69 Å². The molecule has 1 aromatic heterocycles. The van der Waals surface area contributed by atoms with Gasteiger partial charge < -0.3 is 5.32 Å². The van der Waals surface area contributed by atoms with E-state index in [1.54, 1.807) is 6.92 Å².